The highest BCUT2D eigenvalue weighted by molar-refractivity contribution is 7.90. The molecule has 0 spiro atoms. The van der Waals surface area contributed by atoms with Crippen molar-refractivity contribution in [1.82, 2.24) is 5.43 Å². The normalized spacial score (nSPS) is 11.8. The fraction of sp³-hybridized carbons (Fsp3) is 0.125. The molecular weight excluding hydrogens is 346 g/mol. The number of carbonyl (C=O) groups is 1. The molecule has 2 rings (SSSR count). The summed E-state index contributed by atoms with van der Waals surface area (Å²) < 4.78 is 22.9. The van der Waals surface area contributed by atoms with Crippen molar-refractivity contribution in [3.05, 3.63) is 69.8 Å². The number of amides is 1. The van der Waals surface area contributed by atoms with Gasteiger partial charge in [0.05, 0.1) is 15.5 Å². The van der Waals surface area contributed by atoms with Crippen LogP contribution < -0.4 is 5.43 Å². The summed E-state index contributed by atoms with van der Waals surface area (Å²) in [6, 6.07) is 11.3. The minimum Gasteiger partial charge on any atom is -0.267 e. The molecule has 2 aromatic rings. The van der Waals surface area contributed by atoms with Gasteiger partial charge < -0.3 is 0 Å². The average molecular weight is 361 g/mol. The maximum atomic E-state index is 12.0. The minimum atomic E-state index is -3.28. The molecule has 0 aliphatic rings. The van der Waals surface area contributed by atoms with Crippen LogP contribution in [-0.4, -0.2) is 31.2 Å². The van der Waals surface area contributed by atoms with Crippen LogP contribution in [0.2, 0.25) is 0 Å². The maximum absolute atomic E-state index is 12.0. The van der Waals surface area contributed by atoms with Crippen molar-refractivity contribution in [2.24, 2.45) is 5.10 Å². The second-order valence-corrected chi connectivity index (χ2v) is 7.26. The summed E-state index contributed by atoms with van der Waals surface area (Å²) in [4.78, 5) is 22.3. The molecule has 0 heterocycles. The summed E-state index contributed by atoms with van der Waals surface area (Å²) in [5.41, 5.74) is 3.32. The molecule has 8 nitrogen and oxygen atoms in total. The molecule has 0 unspecified atom stereocenters. The molecule has 0 atom stereocenters. The van der Waals surface area contributed by atoms with E-state index in [0.29, 0.717) is 11.3 Å². The third kappa shape index (κ3) is 4.70. The van der Waals surface area contributed by atoms with Crippen molar-refractivity contribution in [2.75, 3.05) is 6.26 Å². The standard InChI is InChI=1S/C16H15N3O5S/c1-11(12-6-8-15(9-7-12)25(2,23)24)17-18-16(20)13-4-3-5-14(10-13)19(21)22/h3-10H,1-2H3,(H,18,20)/b17-11-. The van der Waals surface area contributed by atoms with Gasteiger partial charge in [-0.3, -0.25) is 14.9 Å². The van der Waals surface area contributed by atoms with Gasteiger partial charge in [-0.05, 0) is 30.7 Å². The number of benzene rings is 2. The Bertz CT molecular complexity index is 950. The summed E-state index contributed by atoms with van der Waals surface area (Å²) in [5.74, 6) is -0.587. The van der Waals surface area contributed by atoms with Crippen molar-refractivity contribution in [2.45, 2.75) is 11.8 Å². The molecule has 2 aromatic carbocycles. The van der Waals surface area contributed by atoms with E-state index in [2.05, 4.69) is 10.5 Å². The number of nitrogens with zero attached hydrogens (tertiary/aromatic N) is 2. The molecule has 1 N–H and O–H groups in total. The number of non-ortho nitro benzene ring substituents is 1. The van der Waals surface area contributed by atoms with Crippen molar-refractivity contribution in [3.8, 4) is 0 Å². The zero-order chi connectivity index (χ0) is 18.6. The van der Waals surface area contributed by atoms with E-state index >= 15 is 0 Å². The zero-order valence-corrected chi connectivity index (χ0v) is 14.3. The van der Waals surface area contributed by atoms with Crippen LogP contribution in [-0.2, 0) is 9.84 Å². The van der Waals surface area contributed by atoms with E-state index in [1.165, 1.54) is 30.3 Å². The highest BCUT2D eigenvalue weighted by atomic mass is 32.2. The monoisotopic (exact) mass is 361 g/mol. The number of rotatable bonds is 5. The lowest BCUT2D eigenvalue weighted by Crippen LogP contribution is -2.19. The quantitative estimate of drug-likeness (QED) is 0.497. The van der Waals surface area contributed by atoms with E-state index < -0.39 is 20.7 Å². The third-order valence-corrected chi connectivity index (χ3v) is 4.47. The first kappa shape index (κ1) is 18.3. The van der Waals surface area contributed by atoms with E-state index in [9.17, 15) is 23.3 Å². The number of nitro benzene ring substituents is 1. The van der Waals surface area contributed by atoms with Crippen molar-refractivity contribution in [3.63, 3.8) is 0 Å². The number of nitrogens with one attached hydrogen (secondary N) is 1. The molecule has 0 aliphatic heterocycles. The zero-order valence-electron chi connectivity index (χ0n) is 13.5. The first-order chi connectivity index (χ1) is 11.7. The van der Waals surface area contributed by atoms with Crippen LogP contribution >= 0.6 is 0 Å². The molecule has 0 bridgehead atoms. The smallest absolute Gasteiger partial charge is 0.267 e. The fourth-order valence-corrected chi connectivity index (χ4v) is 2.60. The van der Waals surface area contributed by atoms with Crippen LogP contribution in [0.25, 0.3) is 0 Å². The minimum absolute atomic E-state index is 0.109. The summed E-state index contributed by atoms with van der Waals surface area (Å²) >= 11 is 0. The Balaban J connectivity index is 2.14. The number of hydrazone groups is 1. The summed E-state index contributed by atoms with van der Waals surface area (Å²) in [6.07, 6.45) is 1.11. The van der Waals surface area contributed by atoms with E-state index in [-0.39, 0.29) is 16.1 Å². The lowest BCUT2D eigenvalue weighted by Gasteiger charge is -2.04. The van der Waals surface area contributed by atoms with Crippen LogP contribution in [0.4, 0.5) is 5.69 Å². The molecule has 9 heteroatoms. The highest BCUT2D eigenvalue weighted by Gasteiger charge is 2.11. The predicted molar refractivity (Wildman–Crippen MR) is 92.3 cm³/mol. The molecular formula is C16H15N3O5S. The summed E-state index contributed by atoms with van der Waals surface area (Å²) in [5, 5.41) is 14.7. The average Bonchev–Trinajstić information content (AvgIpc) is 2.58. The van der Waals surface area contributed by atoms with Crippen molar-refractivity contribution in [1.29, 1.82) is 0 Å². The third-order valence-electron chi connectivity index (χ3n) is 3.34. The molecule has 0 radical (unpaired) electrons. The molecule has 1 amide bonds. The lowest BCUT2D eigenvalue weighted by molar-refractivity contribution is -0.384. The first-order valence-corrected chi connectivity index (χ1v) is 8.97. The Kier molecular flexibility index (Phi) is 5.28. The van der Waals surface area contributed by atoms with Gasteiger partial charge in [-0.15, -0.1) is 0 Å². The molecule has 25 heavy (non-hydrogen) atoms. The Morgan fingerprint density at radius 3 is 2.32 bits per heavy atom. The van der Waals surface area contributed by atoms with Gasteiger partial charge in [-0.1, -0.05) is 18.2 Å². The Labute approximate surface area is 144 Å². The topological polar surface area (TPSA) is 119 Å². The Hall–Kier alpha value is -3.07. The number of carbonyl (C=O) groups excluding carboxylic acids is 1. The van der Waals surface area contributed by atoms with Crippen LogP contribution in [0.15, 0.2) is 58.5 Å². The fourth-order valence-electron chi connectivity index (χ4n) is 1.97. The Morgan fingerprint density at radius 1 is 1.12 bits per heavy atom. The summed E-state index contributed by atoms with van der Waals surface area (Å²) in [6.45, 7) is 1.64. The van der Waals surface area contributed by atoms with E-state index in [1.54, 1.807) is 19.1 Å². The van der Waals surface area contributed by atoms with E-state index in [4.69, 9.17) is 0 Å². The van der Waals surface area contributed by atoms with Gasteiger partial charge in [-0.25, -0.2) is 13.8 Å². The molecule has 0 saturated carbocycles. The van der Waals surface area contributed by atoms with E-state index in [1.807, 2.05) is 0 Å². The van der Waals surface area contributed by atoms with Crippen LogP contribution in [0.1, 0.15) is 22.8 Å². The van der Waals surface area contributed by atoms with Crippen molar-refractivity contribution >= 4 is 27.1 Å². The molecule has 130 valence electrons. The molecule has 0 saturated heterocycles. The lowest BCUT2D eigenvalue weighted by atomic mass is 10.1. The first-order valence-electron chi connectivity index (χ1n) is 7.08. The number of hydrogen-bond acceptors (Lipinski definition) is 6. The second kappa shape index (κ2) is 7.22. The second-order valence-electron chi connectivity index (χ2n) is 5.24. The van der Waals surface area contributed by atoms with Gasteiger partial charge >= 0.3 is 0 Å². The van der Waals surface area contributed by atoms with Crippen LogP contribution in [0.5, 0.6) is 0 Å². The van der Waals surface area contributed by atoms with Gasteiger partial charge in [0, 0.05) is 24.0 Å². The molecule has 0 fully saturated rings. The van der Waals surface area contributed by atoms with Crippen molar-refractivity contribution < 1.29 is 18.1 Å². The molecule has 0 aliphatic carbocycles. The number of nitro groups is 1. The van der Waals surface area contributed by atoms with Crippen LogP contribution in [0, 0.1) is 10.1 Å². The number of hydrogen-bond donors (Lipinski definition) is 1. The van der Waals surface area contributed by atoms with Gasteiger partial charge in [0.15, 0.2) is 9.84 Å². The van der Waals surface area contributed by atoms with Gasteiger partial charge in [0.2, 0.25) is 0 Å². The summed E-state index contributed by atoms with van der Waals surface area (Å²) in [7, 11) is -3.28. The van der Waals surface area contributed by atoms with Gasteiger partial charge in [0.1, 0.15) is 0 Å². The van der Waals surface area contributed by atoms with Gasteiger partial charge in [-0.2, -0.15) is 5.10 Å². The predicted octanol–water partition coefficient (Wildman–Crippen LogP) is 2.15. The SMILES string of the molecule is C/C(=N/NC(=O)c1cccc([N+](=O)[O-])c1)c1ccc(S(C)(=O)=O)cc1. The maximum Gasteiger partial charge on any atom is 0.271 e. The van der Waals surface area contributed by atoms with E-state index in [0.717, 1.165) is 12.3 Å². The van der Waals surface area contributed by atoms with Crippen LogP contribution in [0.3, 0.4) is 0 Å². The highest BCUT2D eigenvalue weighted by Crippen LogP contribution is 2.13. The van der Waals surface area contributed by atoms with Gasteiger partial charge in [0.25, 0.3) is 11.6 Å². The Morgan fingerprint density at radius 2 is 1.76 bits per heavy atom. The molecule has 0 aromatic heterocycles. The number of sulfone groups is 1. The largest absolute Gasteiger partial charge is 0.271 e.